The van der Waals surface area contributed by atoms with Gasteiger partial charge in [-0.05, 0) is 43.0 Å². The maximum absolute atomic E-state index is 13.7. The quantitative estimate of drug-likeness (QED) is 0.0385. The molecule has 16 nitrogen and oxygen atoms in total. The normalized spacial score (nSPS) is 17.9. The lowest BCUT2D eigenvalue weighted by atomic mass is 9.68. The minimum absolute atomic E-state index is 0.00590. The summed E-state index contributed by atoms with van der Waals surface area (Å²) in [6, 6.07) is 17.4. The largest absolute Gasteiger partial charge is 0.497 e. The van der Waals surface area contributed by atoms with E-state index in [4.69, 9.17) is 38.3 Å². The minimum atomic E-state index is -1.59. The second-order valence-corrected chi connectivity index (χ2v) is 16.8. The molecule has 1 heterocycles. The molecule has 5 atom stereocenters. The number of carboxylic acids is 1. The molecule has 3 rings (SSSR count). The Morgan fingerprint density at radius 2 is 1.43 bits per heavy atom. The van der Waals surface area contributed by atoms with Crippen LogP contribution in [-0.2, 0) is 79.9 Å². The standard InChI is InChI=1S/C45H64O12.C4H6O2.C3H6O2/c1-8-9-10-11-15-18-36(46)27-39-35(26-43(50)52-6)25-38(57-45(39,53-7)44(3,4)31-56-42(49)24-23-41(47)48)28-40(32(2)54-29-33-16-13-12-14-17-33)55-30-34-19-21-37(51-5)22-20-34;1-3-4(5)6-2;1-3(4)5-2/h12-14,16-17,19-22,26,32,38-40H,8-11,15,18,23-25,27-31H2,1-7H3,(H,47,48);3H,1H2,2H3;1-2H3/b35-26+;;/t32-,38+,39+,40-,45-;;/m1../s1. The molecule has 16 heteroatoms. The van der Waals surface area contributed by atoms with Gasteiger partial charge in [0.25, 0.3) is 0 Å². The van der Waals surface area contributed by atoms with Crippen LogP contribution in [0.2, 0.25) is 0 Å². The highest BCUT2D eigenvalue weighted by Crippen LogP contribution is 2.52. The molecule has 0 amide bonds. The van der Waals surface area contributed by atoms with Gasteiger partial charge in [-0.25, -0.2) is 9.59 Å². The van der Waals surface area contributed by atoms with Crippen LogP contribution < -0.4 is 4.74 Å². The Kier molecular flexibility index (Phi) is 29.5. The highest BCUT2D eigenvalue weighted by atomic mass is 16.7. The van der Waals surface area contributed by atoms with Gasteiger partial charge in [0.05, 0.1) is 78.2 Å². The van der Waals surface area contributed by atoms with E-state index in [0.29, 0.717) is 25.0 Å². The van der Waals surface area contributed by atoms with Crippen molar-refractivity contribution >= 4 is 35.6 Å². The fourth-order valence-corrected chi connectivity index (χ4v) is 7.36. The number of ether oxygens (including phenoxy) is 9. The molecule has 0 unspecified atom stereocenters. The zero-order valence-corrected chi connectivity index (χ0v) is 41.8. The summed E-state index contributed by atoms with van der Waals surface area (Å²) in [5, 5.41) is 9.13. The molecule has 0 saturated carbocycles. The topological polar surface area (TPSA) is 206 Å². The molecule has 1 aliphatic heterocycles. The number of carbonyl (C=O) groups excluding carboxylic acids is 5. The van der Waals surface area contributed by atoms with Crippen LogP contribution in [0.5, 0.6) is 5.75 Å². The number of unbranched alkanes of at least 4 members (excludes halogenated alkanes) is 4. The molecule has 1 saturated heterocycles. The third-order valence-electron chi connectivity index (χ3n) is 11.2. The van der Waals surface area contributed by atoms with Crippen LogP contribution in [0.25, 0.3) is 0 Å². The molecule has 0 spiro atoms. The molecule has 1 N–H and O–H groups in total. The monoisotopic (exact) mass is 957 g/mol. The summed E-state index contributed by atoms with van der Waals surface area (Å²) in [5.41, 5.74) is 1.43. The number of rotatable bonds is 27. The zero-order valence-electron chi connectivity index (χ0n) is 41.8. The SMILES string of the molecule is C=CC(=O)OC.CCCCCCCC(=O)C[C@H]1/C(=C/C(=O)OC)C[C@@H](C[C@@H](OCc2ccc(OC)cc2)[C@@H](C)OCc2ccccc2)O[C@@]1(OC)C(C)(C)COC(=O)CCC(=O)O.COC(C)=O. The number of aliphatic carboxylic acids is 1. The van der Waals surface area contributed by atoms with Gasteiger partial charge in [-0.3, -0.25) is 19.2 Å². The first-order chi connectivity index (χ1) is 32.3. The number of esters is 4. The van der Waals surface area contributed by atoms with Crippen molar-refractivity contribution in [3.8, 4) is 5.75 Å². The van der Waals surface area contributed by atoms with Crippen LogP contribution in [0.4, 0.5) is 0 Å². The number of hydrogen-bond donors (Lipinski definition) is 1. The maximum atomic E-state index is 13.7. The van der Waals surface area contributed by atoms with Crippen LogP contribution in [0, 0.1) is 11.3 Å². The Hall–Kier alpha value is -5.42. The van der Waals surface area contributed by atoms with Crippen LogP contribution in [0.15, 0.2) is 78.9 Å². The number of benzene rings is 2. The summed E-state index contributed by atoms with van der Waals surface area (Å²) >= 11 is 0. The highest BCUT2D eigenvalue weighted by molar-refractivity contribution is 5.84. The number of hydrogen-bond acceptors (Lipinski definition) is 15. The average molecular weight is 957 g/mol. The molecule has 380 valence electrons. The maximum Gasteiger partial charge on any atom is 0.330 e. The second kappa shape index (κ2) is 33.1. The Balaban J connectivity index is 0.00000187. The van der Waals surface area contributed by atoms with Crippen LogP contribution >= 0.6 is 0 Å². The molecule has 0 bridgehead atoms. The van der Waals surface area contributed by atoms with Crippen molar-refractivity contribution in [3.63, 3.8) is 0 Å². The Morgan fingerprint density at radius 1 is 0.824 bits per heavy atom. The van der Waals surface area contributed by atoms with Crippen molar-refractivity contribution in [3.05, 3.63) is 90.0 Å². The molecule has 2 aromatic carbocycles. The predicted molar refractivity (Wildman–Crippen MR) is 254 cm³/mol. The van der Waals surface area contributed by atoms with Gasteiger partial charge in [0, 0.05) is 51.4 Å². The van der Waals surface area contributed by atoms with Crippen LogP contribution in [-0.4, -0.2) is 107 Å². The van der Waals surface area contributed by atoms with Gasteiger partial charge < -0.3 is 47.7 Å². The summed E-state index contributed by atoms with van der Waals surface area (Å²) in [7, 11) is 7.05. The Labute approximate surface area is 402 Å². The minimum Gasteiger partial charge on any atom is -0.497 e. The molecule has 0 aliphatic carbocycles. The van der Waals surface area contributed by atoms with E-state index in [9.17, 15) is 28.8 Å². The molecule has 1 aliphatic rings. The summed E-state index contributed by atoms with van der Waals surface area (Å²) in [4.78, 5) is 70.1. The van der Waals surface area contributed by atoms with E-state index >= 15 is 0 Å². The number of Topliss-reactive ketones (excluding diaryl/α,β-unsaturated/α-hetero) is 1. The smallest absolute Gasteiger partial charge is 0.330 e. The predicted octanol–water partition coefficient (Wildman–Crippen LogP) is 8.70. The van der Waals surface area contributed by atoms with E-state index in [2.05, 4.69) is 23.0 Å². The van der Waals surface area contributed by atoms with Gasteiger partial charge in [-0.15, -0.1) is 0 Å². The summed E-state index contributed by atoms with van der Waals surface area (Å²) < 4.78 is 50.8. The summed E-state index contributed by atoms with van der Waals surface area (Å²) in [6.45, 7) is 12.6. The van der Waals surface area contributed by atoms with Gasteiger partial charge in [0.2, 0.25) is 0 Å². The third kappa shape index (κ3) is 22.6. The van der Waals surface area contributed by atoms with Crippen LogP contribution in [0.1, 0.15) is 116 Å². The summed E-state index contributed by atoms with van der Waals surface area (Å²) in [5.74, 6) is -4.65. The van der Waals surface area contributed by atoms with Crippen molar-refractivity contribution < 1.29 is 76.5 Å². The van der Waals surface area contributed by atoms with Crippen LogP contribution in [0.3, 0.4) is 0 Å². The Morgan fingerprint density at radius 3 is 1.96 bits per heavy atom. The summed E-state index contributed by atoms with van der Waals surface area (Å²) in [6.07, 6.45) is 6.16. The van der Waals surface area contributed by atoms with E-state index in [1.54, 1.807) is 7.11 Å². The zero-order chi connectivity index (χ0) is 51.1. The highest BCUT2D eigenvalue weighted by Gasteiger charge is 2.58. The lowest BCUT2D eigenvalue weighted by Gasteiger charge is -2.54. The van der Waals surface area contributed by atoms with Crippen molar-refractivity contribution in [2.24, 2.45) is 11.3 Å². The van der Waals surface area contributed by atoms with Gasteiger partial charge in [-0.1, -0.05) is 101 Å². The molecule has 68 heavy (non-hydrogen) atoms. The molecule has 2 aromatic rings. The van der Waals surface area contributed by atoms with E-state index in [1.807, 2.05) is 75.4 Å². The first-order valence-corrected chi connectivity index (χ1v) is 22.9. The number of carboxylic acid groups (broad SMARTS) is 1. The fraction of sp³-hybridized carbons (Fsp3) is 0.577. The van der Waals surface area contributed by atoms with E-state index in [1.165, 1.54) is 41.4 Å². The molecular weight excluding hydrogens is 881 g/mol. The molecule has 0 radical (unpaired) electrons. The van der Waals surface area contributed by atoms with E-state index < -0.39 is 59.3 Å². The van der Waals surface area contributed by atoms with Crippen molar-refractivity contribution in [2.45, 2.75) is 143 Å². The van der Waals surface area contributed by atoms with Crippen molar-refractivity contribution in [1.29, 1.82) is 0 Å². The number of methoxy groups -OCH3 is 5. The lowest BCUT2D eigenvalue weighted by Crippen LogP contribution is -2.61. The van der Waals surface area contributed by atoms with E-state index in [-0.39, 0.29) is 50.6 Å². The average Bonchev–Trinajstić information content (AvgIpc) is 3.34. The molecule has 0 aromatic heterocycles. The number of carbonyl (C=O) groups is 6. The van der Waals surface area contributed by atoms with Gasteiger partial charge in [-0.2, -0.15) is 0 Å². The van der Waals surface area contributed by atoms with Gasteiger partial charge in [0.15, 0.2) is 5.79 Å². The Bertz CT molecular complexity index is 1860. The van der Waals surface area contributed by atoms with E-state index in [0.717, 1.165) is 55.1 Å². The van der Waals surface area contributed by atoms with Crippen molar-refractivity contribution in [1.82, 2.24) is 0 Å². The fourth-order valence-electron chi connectivity index (χ4n) is 7.36. The third-order valence-corrected chi connectivity index (χ3v) is 11.2. The lowest BCUT2D eigenvalue weighted by molar-refractivity contribution is -0.341. The first-order valence-electron chi connectivity index (χ1n) is 22.9. The van der Waals surface area contributed by atoms with Crippen molar-refractivity contribution in [2.75, 3.05) is 42.2 Å². The number of ketones is 1. The van der Waals surface area contributed by atoms with Gasteiger partial charge in [0.1, 0.15) is 18.1 Å². The van der Waals surface area contributed by atoms with Gasteiger partial charge >= 0.3 is 29.8 Å². The first kappa shape index (κ1) is 60.6. The molecular formula is C52H76O16. The second-order valence-electron chi connectivity index (χ2n) is 16.8. The molecule has 1 fully saturated rings.